The molecule has 0 bridgehead atoms. The molecule has 1 aromatic heterocycles. The van der Waals surface area contributed by atoms with Crippen LogP contribution in [0.2, 0.25) is 0 Å². The number of aryl methyl sites for hydroxylation is 1. The highest BCUT2D eigenvalue weighted by atomic mass is 16.4. The number of hydrogen-bond donors (Lipinski definition) is 1. The van der Waals surface area contributed by atoms with E-state index in [-0.39, 0.29) is 0 Å². The maximum Gasteiger partial charge on any atom is 0.248 e. The first kappa shape index (κ1) is 10.8. The lowest BCUT2D eigenvalue weighted by atomic mass is 10.0. The van der Waals surface area contributed by atoms with Gasteiger partial charge in [-0.25, -0.2) is 0 Å². The fourth-order valence-electron chi connectivity index (χ4n) is 1.57. The summed E-state index contributed by atoms with van der Waals surface area (Å²) in [6.45, 7) is 4.73. The zero-order chi connectivity index (χ0) is 11.5. The van der Waals surface area contributed by atoms with Crippen LogP contribution in [0.25, 0.3) is 11.5 Å². The fourth-order valence-corrected chi connectivity index (χ4v) is 1.57. The molecule has 0 aliphatic heterocycles. The van der Waals surface area contributed by atoms with Crippen LogP contribution in [-0.2, 0) is 6.54 Å². The normalized spacial score (nSPS) is 10.7. The van der Waals surface area contributed by atoms with Gasteiger partial charge in [-0.05, 0) is 38.1 Å². The van der Waals surface area contributed by atoms with Gasteiger partial charge in [0.2, 0.25) is 11.8 Å². The predicted molar refractivity (Wildman–Crippen MR) is 62.0 cm³/mol. The molecule has 0 unspecified atom stereocenters. The van der Waals surface area contributed by atoms with E-state index in [0.29, 0.717) is 18.3 Å². The molecule has 2 rings (SSSR count). The largest absolute Gasteiger partial charge is 0.419 e. The zero-order valence-electron chi connectivity index (χ0n) is 9.74. The van der Waals surface area contributed by atoms with Crippen LogP contribution in [0.3, 0.4) is 0 Å². The lowest BCUT2D eigenvalue weighted by Crippen LogP contribution is -2.04. The molecule has 1 heterocycles. The van der Waals surface area contributed by atoms with Crippen LogP contribution in [0.4, 0.5) is 0 Å². The lowest BCUT2D eigenvalue weighted by Gasteiger charge is -2.03. The van der Waals surface area contributed by atoms with E-state index in [2.05, 4.69) is 35.4 Å². The van der Waals surface area contributed by atoms with Crippen molar-refractivity contribution in [1.82, 2.24) is 15.5 Å². The molecule has 16 heavy (non-hydrogen) atoms. The van der Waals surface area contributed by atoms with Crippen molar-refractivity contribution in [3.8, 4) is 11.5 Å². The van der Waals surface area contributed by atoms with Crippen LogP contribution in [0, 0.1) is 13.8 Å². The fraction of sp³-hybridized carbons (Fsp3) is 0.333. The van der Waals surface area contributed by atoms with Crippen molar-refractivity contribution >= 4 is 0 Å². The summed E-state index contributed by atoms with van der Waals surface area (Å²) in [6, 6.07) is 6.07. The Balaban J connectivity index is 2.39. The molecule has 1 aromatic carbocycles. The molecule has 0 amide bonds. The van der Waals surface area contributed by atoms with E-state index in [1.54, 1.807) is 0 Å². The third-order valence-corrected chi connectivity index (χ3v) is 2.63. The van der Waals surface area contributed by atoms with Gasteiger partial charge in [0, 0.05) is 5.56 Å². The minimum atomic E-state index is 0.589. The first-order chi connectivity index (χ1) is 7.72. The highest BCUT2D eigenvalue weighted by Gasteiger charge is 2.10. The molecule has 0 spiro atoms. The molecule has 84 valence electrons. The monoisotopic (exact) mass is 217 g/mol. The summed E-state index contributed by atoms with van der Waals surface area (Å²) in [5.41, 5.74) is 3.42. The summed E-state index contributed by atoms with van der Waals surface area (Å²) in [5.74, 6) is 1.20. The Morgan fingerprint density at radius 3 is 2.81 bits per heavy atom. The lowest BCUT2D eigenvalue weighted by molar-refractivity contribution is 0.490. The number of nitrogens with zero attached hydrogens (tertiary/aromatic N) is 2. The molecule has 0 radical (unpaired) electrons. The summed E-state index contributed by atoms with van der Waals surface area (Å²) >= 11 is 0. The van der Waals surface area contributed by atoms with Crippen molar-refractivity contribution in [2.45, 2.75) is 20.4 Å². The number of benzene rings is 1. The Hall–Kier alpha value is -1.68. The van der Waals surface area contributed by atoms with Crippen molar-refractivity contribution < 1.29 is 4.42 Å². The minimum absolute atomic E-state index is 0.589. The van der Waals surface area contributed by atoms with Crippen molar-refractivity contribution in [3.63, 3.8) is 0 Å². The molecular weight excluding hydrogens is 202 g/mol. The molecule has 0 aliphatic carbocycles. The van der Waals surface area contributed by atoms with Crippen molar-refractivity contribution in [2.24, 2.45) is 0 Å². The third kappa shape index (κ3) is 1.97. The van der Waals surface area contributed by atoms with Crippen molar-refractivity contribution in [1.29, 1.82) is 0 Å². The molecule has 2 aromatic rings. The molecule has 0 atom stereocenters. The summed E-state index contributed by atoms with van der Waals surface area (Å²) in [7, 11) is 1.85. The first-order valence-electron chi connectivity index (χ1n) is 5.26. The summed E-state index contributed by atoms with van der Waals surface area (Å²) in [6.07, 6.45) is 0. The Morgan fingerprint density at radius 1 is 1.25 bits per heavy atom. The molecule has 4 nitrogen and oxygen atoms in total. The highest BCUT2D eigenvalue weighted by Crippen LogP contribution is 2.23. The first-order valence-corrected chi connectivity index (χ1v) is 5.26. The SMILES string of the molecule is CNCc1nnc(-c2cccc(C)c2C)o1. The van der Waals surface area contributed by atoms with Crippen LogP contribution in [0.1, 0.15) is 17.0 Å². The van der Waals surface area contributed by atoms with E-state index < -0.39 is 0 Å². The Kier molecular flexibility index (Phi) is 3.01. The van der Waals surface area contributed by atoms with Gasteiger partial charge in [-0.1, -0.05) is 12.1 Å². The maximum atomic E-state index is 5.56. The second-order valence-corrected chi connectivity index (χ2v) is 3.78. The van der Waals surface area contributed by atoms with E-state index >= 15 is 0 Å². The maximum absolute atomic E-state index is 5.56. The van der Waals surface area contributed by atoms with Gasteiger partial charge in [-0.3, -0.25) is 0 Å². The Bertz CT molecular complexity index is 491. The van der Waals surface area contributed by atoms with Gasteiger partial charge in [0.05, 0.1) is 6.54 Å². The third-order valence-electron chi connectivity index (χ3n) is 2.63. The summed E-state index contributed by atoms with van der Waals surface area (Å²) < 4.78 is 5.56. The van der Waals surface area contributed by atoms with Crippen LogP contribution < -0.4 is 5.32 Å². The van der Waals surface area contributed by atoms with E-state index in [9.17, 15) is 0 Å². The molecule has 0 fully saturated rings. The van der Waals surface area contributed by atoms with Crippen LogP contribution in [-0.4, -0.2) is 17.2 Å². The minimum Gasteiger partial charge on any atom is -0.419 e. The van der Waals surface area contributed by atoms with E-state index in [1.165, 1.54) is 11.1 Å². The van der Waals surface area contributed by atoms with Gasteiger partial charge < -0.3 is 9.73 Å². The van der Waals surface area contributed by atoms with Crippen LogP contribution in [0.5, 0.6) is 0 Å². The van der Waals surface area contributed by atoms with E-state index in [0.717, 1.165) is 5.56 Å². The highest BCUT2D eigenvalue weighted by molar-refractivity contribution is 5.59. The standard InChI is InChI=1S/C12H15N3O/c1-8-5-4-6-10(9(8)2)12-15-14-11(16-12)7-13-3/h4-6,13H,7H2,1-3H3. The Labute approximate surface area is 94.7 Å². The molecule has 1 N–H and O–H groups in total. The predicted octanol–water partition coefficient (Wildman–Crippen LogP) is 2.07. The summed E-state index contributed by atoms with van der Waals surface area (Å²) in [5, 5.41) is 11.0. The molecule has 0 aliphatic rings. The van der Waals surface area contributed by atoms with Crippen LogP contribution in [0.15, 0.2) is 22.6 Å². The molecule has 0 saturated heterocycles. The van der Waals surface area contributed by atoms with Crippen molar-refractivity contribution in [2.75, 3.05) is 7.05 Å². The van der Waals surface area contributed by atoms with E-state index in [4.69, 9.17) is 4.42 Å². The average molecular weight is 217 g/mol. The Morgan fingerprint density at radius 2 is 2.06 bits per heavy atom. The number of nitrogens with one attached hydrogen (secondary N) is 1. The van der Waals surface area contributed by atoms with Gasteiger partial charge in [0.15, 0.2) is 0 Å². The number of rotatable bonds is 3. The number of hydrogen-bond acceptors (Lipinski definition) is 4. The quantitative estimate of drug-likeness (QED) is 0.855. The van der Waals surface area contributed by atoms with Crippen molar-refractivity contribution in [3.05, 3.63) is 35.2 Å². The van der Waals surface area contributed by atoms with Gasteiger partial charge in [0.1, 0.15) is 0 Å². The van der Waals surface area contributed by atoms with Gasteiger partial charge in [-0.15, -0.1) is 10.2 Å². The number of aromatic nitrogens is 2. The average Bonchev–Trinajstić information content (AvgIpc) is 2.71. The summed E-state index contributed by atoms with van der Waals surface area (Å²) in [4.78, 5) is 0. The second kappa shape index (κ2) is 4.45. The molecular formula is C12H15N3O. The second-order valence-electron chi connectivity index (χ2n) is 3.78. The van der Waals surface area contributed by atoms with Crippen LogP contribution >= 0.6 is 0 Å². The topological polar surface area (TPSA) is 51.0 Å². The van der Waals surface area contributed by atoms with Gasteiger partial charge in [0.25, 0.3) is 0 Å². The zero-order valence-corrected chi connectivity index (χ0v) is 9.74. The van der Waals surface area contributed by atoms with Gasteiger partial charge >= 0.3 is 0 Å². The molecule has 4 heteroatoms. The molecule has 0 saturated carbocycles. The smallest absolute Gasteiger partial charge is 0.248 e. The van der Waals surface area contributed by atoms with E-state index in [1.807, 2.05) is 19.2 Å². The van der Waals surface area contributed by atoms with Gasteiger partial charge in [-0.2, -0.15) is 0 Å².